The van der Waals surface area contributed by atoms with E-state index in [1.54, 1.807) is 0 Å². The second kappa shape index (κ2) is 7.94. The van der Waals surface area contributed by atoms with Gasteiger partial charge in [-0.3, -0.25) is 19.1 Å². The summed E-state index contributed by atoms with van der Waals surface area (Å²) in [5.41, 5.74) is -1.12. The predicted molar refractivity (Wildman–Crippen MR) is 100 cm³/mol. The number of esters is 1. The van der Waals surface area contributed by atoms with Crippen LogP contribution >= 0.6 is 0 Å². The van der Waals surface area contributed by atoms with Crippen molar-refractivity contribution in [2.24, 2.45) is 0 Å². The molecule has 4 unspecified atom stereocenters. The van der Waals surface area contributed by atoms with Crippen LogP contribution in [0.25, 0.3) is 0 Å². The van der Waals surface area contributed by atoms with E-state index >= 15 is 0 Å². The number of fused-ring (bicyclic) bond motifs is 2. The number of H-pyrrole nitrogens is 1. The summed E-state index contributed by atoms with van der Waals surface area (Å²) in [4.78, 5) is 37.2. The van der Waals surface area contributed by atoms with Crippen LogP contribution in [0.1, 0.15) is 25.1 Å². The van der Waals surface area contributed by atoms with Crippen molar-refractivity contribution in [3.8, 4) is 0 Å². The van der Waals surface area contributed by atoms with Crippen LogP contribution in [0.5, 0.6) is 0 Å². The molecule has 2 bridgehead atoms. The van der Waals surface area contributed by atoms with Gasteiger partial charge in [-0.05, 0) is 5.56 Å². The minimum atomic E-state index is -1.05. The fourth-order valence-electron chi connectivity index (χ4n) is 3.79. The lowest BCUT2D eigenvalue weighted by molar-refractivity contribution is -0.229. The molecule has 0 amide bonds. The largest absolute Gasteiger partial charge is 0.463 e. The number of aromatic amines is 1. The first-order chi connectivity index (χ1) is 14.0. The highest BCUT2D eigenvalue weighted by Gasteiger charge is 2.58. The van der Waals surface area contributed by atoms with Crippen molar-refractivity contribution in [2.45, 2.75) is 44.0 Å². The molecule has 0 radical (unpaired) electrons. The van der Waals surface area contributed by atoms with Crippen LogP contribution in [-0.4, -0.2) is 46.5 Å². The molecule has 1 aromatic carbocycles. The van der Waals surface area contributed by atoms with Crippen molar-refractivity contribution in [2.75, 3.05) is 13.2 Å². The van der Waals surface area contributed by atoms with Crippen LogP contribution < -0.4 is 11.2 Å². The maximum Gasteiger partial charge on any atom is 0.330 e. The second-order valence-electron chi connectivity index (χ2n) is 7.24. The standard InChI is InChI=1S/C20H22N2O7/c1-13(23)27-11-20-12-28-15(18(20)26-10-14-5-3-2-4-6-14)9-17(29-20)22-8-7-16(24)21-19(22)25/h2-8,15,17-18H,9-12H2,1H3,(H,21,24,25). The van der Waals surface area contributed by atoms with Crippen LogP contribution in [0.4, 0.5) is 0 Å². The normalized spacial score (nSPS) is 28.2. The third-order valence-electron chi connectivity index (χ3n) is 5.16. The Kier molecular flexibility index (Phi) is 5.35. The van der Waals surface area contributed by atoms with Gasteiger partial charge in [-0.15, -0.1) is 0 Å². The number of nitrogens with zero attached hydrogens (tertiary/aromatic N) is 1. The maximum atomic E-state index is 12.2. The van der Waals surface area contributed by atoms with Gasteiger partial charge in [-0.2, -0.15) is 0 Å². The Hall–Kier alpha value is -2.75. The van der Waals surface area contributed by atoms with E-state index < -0.39 is 35.2 Å². The van der Waals surface area contributed by atoms with E-state index in [0.29, 0.717) is 13.0 Å². The highest BCUT2D eigenvalue weighted by Crippen LogP contribution is 2.43. The zero-order valence-corrected chi connectivity index (χ0v) is 15.9. The molecule has 9 heteroatoms. The van der Waals surface area contributed by atoms with Gasteiger partial charge in [0.05, 0.1) is 19.3 Å². The number of aromatic nitrogens is 2. The van der Waals surface area contributed by atoms with E-state index in [-0.39, 0.29) is 19.3 Å². The number of rotatable bonds is 6. The molecule has 9 nitrogen and oxygen atoms in total. The first-order valence-corrected chi connectivity index (χ1v) is 9.37. The molecule has 0 spiro atoms. The van der Waals surface area contributed by atoms with Gasteiger partial charge >= 0.3 is 11.7 Å². The van der Waals surface area contributed by atoms with E-state index in [1.165, 1.54) is 23.8 Å². The fraction of sp³-hybridized carbons (Fsp3) is 0.450. The van der Waals surface area contributed by atoms with E-state index in [1.807, 2.05) is 30.3 Å². The Labute approximate surface area is 166 Å². The van der Waals surface area contributed by atoms with Gasteiger partial charge in [-0.25, -0.2) is 4.79 Å². The molecule has 2 aliphatic rings. The molecule has 0 saturated carbocycles. The number of hydrogen-bond donors (Lipinski definition) is 1. The van der Waals surface area contributed by atoms with Crippen molar-refractivity contribution in [1.29, 1.82) is 0 Å². The highest BCUT2D eigenvalue weighted by atomic mass is 16.6. The topological polar surface area (TPSA) is 109 Å². The zero-order valence-electron chi connectivity index (χ0n) is 15.9. The number of benzene rings is 1. The smallest absolute Gasteiger partial charge is 0.330 e. The molecule has 4 atom stereocenters. The molecular weight excluding hydrogens is 380 g/mol. The Bertz CT molecular complexity index is 986. The highest BCUT2D eigenvalue weighted by molar-refractivity contribution is 5.66. The number of ether oxygens (including phenoxy) is 4. The lowest BCUT2D eigenvalue weighted by Crippen LogP contribution is -2.57. The summed E-state index contributed by atoms with van der Waals surface area (Å²) < 4.78 is 24.8. The fourth-order valence-corrected chi connectivity index (χ4v) is 3.79. The Morgan fingerprint density at radius 2 is 2.07 bits per heavy atom. The minimum Gasteiger partial charge on any atom is -0.463 e. The van der Waals surface area contributed by atoms with Crippen molar-refractivity contribution in [3.05, 3.63) is 69.0 Å². The first-order valence-electron chi connectivity index (χ1n) is 9.37. The predicted octanol–water partition coefficient (Wildman–Crippen LogP) is 0.742. The summed E-state index contributed by atoms with van der Waals surface area (Å²) >= 11 is 0. The second-order valence-corrected chi connectivity index (χ2v) is 7.24. The summed E-state index contributed by atoms with van der Waals surface area (Å²) in [7, 11) is 0. The molecule has 2 fully saturated rings. The Morgan fingerprint density at radius 3 is 2.79 bits per heavy atom. The number of carbonyl (C=O) groups excluding carboxylic acids is 1. The van der Waals surface area contributed by atoms with E-state index in [0.717, 1.165) is 5.56 Å². The summed E-state index contributed by atoms with van der Waals surface area (Å²) in [6, 6.07) is 10.9. The van der Waals surface area contributed by atoms with Gasteiger partial charge in [0.1, 0.15) is 18.9 Å². The monoisotopic (exact) mass is 402 g/mol. The molecule has 0 aliphatic carbocycles. The lowest BCUT2D eigenvalue weighted by atomic mass is 9.91. The molecule has 2 aliphatic heterocycles. The molecule has 3 heterocycles. The maximum absolute atomic E-state index is 12.2. The van der Waals surface area contributed by atoms with Crippen LogP contribution in [0, 0.1) is 0 Å². The molecule has 4 rings (SSSR count). The van der Waals surface area contributed by atoms with Gasteiger partial charge in [0.25, 0.3) is 5.56 Å². The molecule has 1 N–H and O–H groups in total. The van der Waals surface area contributed by atoms with E-state index in [9.17, 15) is 14.4 Å². The van der Waals surface area contributed by atoms with E-state index in [4.69, 9.17) is 18.9 Å². The summed E-state index contributed by atoms with van der Waals surface area (Å²) in [6.45, 7) is 1.77. The van der Waals surface area contributed by atoms with Gasteiger partial charge < -0.3 is 18.9 Å². The van der Waals surface area contributed by atoms with Crippen molar-refractivity contribution >= 4 is 5.97 Å². The lowest BCUT2D eigenvalue weighted by Gasteiger charge is -2.42. The summed E-state index contributed by atoms with van der Waals surface area (Å²) in [6.07, 6.45) is 0.228. The molecule has 154 valence electrons. The Morgan fingerprint density at radius 1 is 1.28 bits per heavy atom. The summed E-state index contributed by atoms with van der Waals surface area (Å²) in [5, 5.41) is 0. The third-order valence-corrected chi connectivity index (χ3v) is 5.16. The van der Waals surface area contributed by atoms with E-state index in [2.05, 4.69) is 4.98 Å². The van der Waals surface area contributed by atoms with Gasteiger partial charge in [0.15, 0.2) is 5.60 Å². The van der Waals surface area contributed by atoms with Crippen molar-refractivity contribution in [1.82, 2.24) is 9.55 Å². The van der Waals surface area contributed by atoms with Gasteiger partial charge in [0.2, 0.25) is 0 Å². The molecule has 1 aromatic heterocycles. The van der Waals surface area contributed by atoms with Crippen molar-refractivity contribution < 1.29 is 23.7 Å². The van der Waals surface area contributed by atoms with Crippen LogP contribution in [0.2, 0.25) is 0 Å². The van der Waals surface area contributed by atoms with Gasteiger partial charge in [-0.1, -0.05) is 30.3 Å². The average Bonchev–Trinajstić information content (AvgIpc) is 2.90. The first kappa shape index (κ1) is 19.6. The number of carbonyl (C=O) groups is 1. The number of hydrogen-bond acceptors (Lipinski definition) is 7. The minimum absolute atomic E-state index is 0.0626. The Balaban J connectivity index is 1.59. The third kappa shape index (κ3) is 4.02. The molecular formula is C20H22N2O7. The zero-order chi connectivity index (χ0) is 20.4. The van der Waals surface area contributed by atoms with Crippen LogP contribution in [-0.2, 0) is 30.3 Å². The van der Waals surface area contributed by atoms with Crippen LogP contribution in [0.15, 0.2) is 52.2 Å². The molecule has 2 saturated heterocycles. The SMILES string of the molecule is CC(=O)OCC12COC(CC(n3ccc(=O)[nH]c3=O)O1)C2OCc1ccccc1. The summed E-state index contributed by atoms with van der Waals surface area (Å²) in [5.74, 6) is -0.448. The van der Waals surface area contributed by atoms with Crippen molar-refractivity contribution in [3.63, 3.8) is 0 Å². The molecule has 2 aromatic rings. The van der Waals surface area contributed by atoms with Gasteiger partial charge in [0, 0.05) is 25.6 Å². The molecule has 29 heavy (non-hydrogen) atoms. The van der Waals surface area contributed by atoms with Crippen LogP contribution in [0.3, 0.4) is 0 Å². The quantitative estimate of drug-likeness (QED) is 0.710. The number of nitrogens with one attached hydrogen (secondary N) is 1. The average molecular weight is 402 g/mol.